The number of hydrogen-bond donors (Lipinski definition) is 0. The number of ether oxygens (including phenoxy) is 3. The van der Waals surface area contributed by atoms with Crippen LogP contribution < -0.4 is 14.2 Å². The Bertz CT molecular complexity index is 523. The Balaban J connectivity index is 2.70. The van der Waals surface area contributed by atoms with E-state index in [1.807, 2.05) is 13.8 Å². The lowest BCUT2D eigenvalue weighted by Gasteiger charge is -2.33. The second-order valence-corrected chi connectivity index (χ2v) is 5.33. The predicted octanol–water partition coefficient (Wildman–Crippen LogP) is 3.19. The van der Waals surface area contributed by atoms with Gasteiger partial charge in [0.05, 0.1) is 37.6 Å². The molecule has 1 aromatic carbocycles. The third-order valence-electron chi connectivity index (χ3n) is 3.11. The van der Waals surface area contributed by atoms with Gasteiger partial charge >= 0.3 is 0 Å². The molecule has 0 amide bonds. The summed E-state index contributed by atoms with van der Waals surface area (Å²) in [7, 11) is 3.07. The molecule has 4 nitrogen and oxygen atoms in total. The molecule has 0 aliphatic carbocycles. The van der Waals surface area contributed by atoms with E-state index >= 15 is 0 Å². The molecule has 0 spiro atoms. The largest absolute Gasteiger partial charge is 0.493 e. The normalized spacial score (nSPS) is 16.6. The minimum atomic E-state index is -0.537. The van der Waals surface area contributed by atoms with E-state index in [1.54, 1.807) is 6.07 Å². The van der Waals surface area contributed by atoms with Crippen LogP contribution in [-0.2, 0) is 5.88 Å². The molecule has 0 radical (unpaired) electrons. The first-order valence-electron chi connectivity index (χ1n) is 5.99. The van der Waals surface area contributed by atoms with Crippen molar-refractivity contribution in [2.75, 3.05) is 14.2 Å². The first kappa shape index (κ1) is 14.0. The predicted molar refractivity (Wildman–Crippen MR) is 72.8 cm³/mol. The lowest BCUT2D eigenvalue weighted by atomic mass is 9.91. The number of alkyl halides is 1. The van der Waals surface area contributed by atoms with E-state index in [2.05, 4.69) is 0 Å². The second-order valence-electron chi connectivity index (χ2n) is 5.06. The fourth-order valence-corrected chi connectivity index (χ4v) is 2.53. The SMILES string of the molecule is COc1cc2c(c(CCl)c1OC)OC(C)(C)CC2=O. The van der Waals surface area contributed by atoms with Crippen LogP contribution in [0.4, 0.5) is 0 Å². The average molecular weight is 285 g/mol. The van der Waals surface area contributed by atoms with Crippen molar-refractivity contribution < 1.29 is 19.0 Å². The van der Waals surface area contributed by atoms with Gasteiger partial charge in [0.2, 0.25) is 0 Å². The molecular formula is C14H17ClO4. The maximum atomic E-state index is 12.2. The number of hydrogen-bond acceptors (Lipinski definition) is 4. The number of benzene rings is 1. The van der Waals surface area contributed by atoms with Crippen molar-refractivity contribution in [3.05, 3.63) is 17.2 Å². The summed E-state index contributed by atoms with van der Waals surface area (Å²) in [5.41, 5.74) is 0.622. The lowest BCUT2D eigenvalue weighted by Crippen LogP contribution is -2.36. The monoisotopic (exact) mass is 284 g/mol. The summed E-state index contributed by atoms with van der Waals surface area (Å²) in [5.74, 6) is 1.73. The fourth-order valence-electron chi connectivity index (χ4n) is 2.29. The van der Waals surface area contributed by atoms with Crippen LogP contribution in [0.25, 0.3) is 0 Å². The third kappa shape index (κ3) is 2.37. The zero-order chi connectivity index (χ0) is 14.2. The van der Waals surface area contributed by atoms with E-state index in [0.717, 1.165) is 0 Å². The van der Waals surface area contributed by atoms with Crippen LogP contribution in [0.15, 0.2) is 6.07 Å². The molecule has 0 aromatic heterocycles. The number of halogens is 1. The van der Waals surface area contributed by atoms with Crippen LogP contribution in [0.3, 0.4) is 0 Å². The number of carbonyl (C=O) groups is 1. The van der Waals surface area contributed by atoms with Crippen molar-refractivity contribution in [3.8, 4) is 17.2 Å². The number of rotatable bonds is 3. The minimum Gasteiger partial charge on any atom is -0.493 e. The van der Waals surface area contributed by atoms with Crippen molar-refractivity contribution in [2.45, 2.75) is 31.7 Å². The summed E-state index contributed by atoms with van der Waals surface area (Å²) < 4.78 is 16.5. The molecule has 19 heavy (non-hydrogen) atoms. The molecule has 1 heterocycles. The van der Waals surface area contributed by atoms with Gasteiger partial charge in [-0.05, 0) is 19.9 Å². The average Bonchev–Trinajstić information content (AvgIpc) is 2.35. The molecule has 1 aliphatic heterocycles. The van der Waals surface area contributed by atoms with Gasteiger partial charge in [0, 0.05) is 0 Å². The van der Waals surface area contributed by atoms with Crippen molar-refractivity contribution in [1.82, 2.24) is 0 Å². The number of carbonyl (C=O) groups excluding carboxylic acids is 1. The van der Waals surface area contributed by atoms with Crippen LogP contribution >= 0.6 is 11.6 Å². The first-order valence-corrected chi connectivity index (χ1v) is 6.53. The van der Waals surface area contributed by atoms with Crippen LogP contribution in [0.5, 0.6) is 17.2 Å². The summed E-state index contributed by atoms with van der Waals surface area (Å²) in [6, 6.07) is 1.65. The van der Waals surface area contributed by atoms with Gasteiger partial charge in [0.1, 0.15) is 11.4 Å². The van der Waals surface area contributed by atoms with E-state index < -0.39 is 5.60 Å². The van der Waals surface area contributed by atoms with Crippen molar-refractivity contribution in [2.24, 2.45) is 0 Å². The molecule has 0 saturated heterocycles. The Hall–Kier alpha value is -1.42. The van der Waals surface area contributed by atoms with E-state index in [1.165, 1.54) is 14.2 Å². The summed E-state index contributed by atoms with van der Waals surface area (Å²) in [4.78, 5) is 12.2. The van der Waals surface area contributed by atoms with Gasteiger partial charge in [0.25, 0.3) is 0 Å². The number of Topliss-reactive ketones (excluding diaryl/α,β-unsaturated/α-hetero) is 1. The number of methoxy groups -OCH3 is 2. The van der Waals surface area contributed by atoms with Gasteiger partial charge in [-0.25, -0.2) is 0 Å². The molecule has 0 fully saturated rings. The molecular weight excluding hydrogens is 268 g/mol. The molecule has 0 unspecified atom stereocenters. The maximum Gasteiger partial charge on any atom is 0.170 e. The molecule has 5 heteroatoms. The van der Waals surface area contributed by atoms with Gasteiger partial charge in [-0.1, -0.05) is 0 Å². The Morgan fingerprint density at radius 1 is 1.37 bits per heavy atom. The Morgan fingerprint density at radius 3 is 2.58 bits per heavy atom. The molecule has 1 aliphatic rings. The Morgan fingerprint density at radius 2 is 2.05 bits per heavy atom. The maximum absolute atomic E-state index is 12.2. The number of fused-ring (bicyclic) bond motifs is 1. The molecule has 2 rings (SSSR count). The second kappa shape index (κ2) is 4.93. The van der Waals surface area contributed by atoms with Crippen LogP contribution in [0.2, 0.25) is 0 Å². The van der Waals surface area contributed by atoms with Gasteiger partial charge in [-0.2, -0.15) is 0 Å². The summed E-state index contributed by atoms with van der Waals surface area (Å²) >= 11 is 5.99. The fraction of sp³-hybridized carbons (Fsp3) is 0.500. The highest BCUT2D eigenvalue weighted by Crippen LogP contribution is 2.45. The zero-order valence-corrected chi connectivity index (χ0v) is 12.3. The summed E-state index contributed by atoms with van der Waals surface area (Å²) in [6.07, 6.45) is 0.331. The lowest BCUT2D eigenvalue weighted by molar-refractivity contribution is 0.0612. The van der Waals surface area contributed by atoms with Crippen molar-refractivity contribution in [3.63, 3.8) is 0 Å². The van der Waals surface area contributed by atoms with Crippen molar-refractivity contribution in [1.29, 1.82) is 0 Å². The molecule has 0 saturated carbocycles. The van der Waals surface area contributed by atoms with Gasteiger partial charge in [-0.3, -0.25) is 4.79 Å². The van der Waals surface area contributed by atoms with Crippen LogP contribution in [-0.4, -0.2) is 25.6 Å². The third-order valence-corrected chi connectivity index (χ3v) is 3.38. The molecule has 104 valence electrons. The molecule has 0 atom stereocenters. The highest BCUT2D eigenvalue weighted by Gasteiger charge is 2.36. The molecule has 1 aromatic rings. The highest BCUT2D eigenvalue weighted by atomic mass is 35.5. The van der Waals surface area contributed by atoms with E-state index in [4.69, 9.17) is 25.8 Å². The van der Waals surface area contributed by atoms with Gasteiger partial charge in [0.15, 0.2) is 17.3 Å². The van der Waals surface area contributed by atoms with Crippen molar-refractivity contribution >= 4 is 17.4 Å². The zero-order valence-electron chi connectivity index (χ0n) is 11.5. The smallest absolute Gasteiger partial charge is 0.170 e. The first-order chi connectivity index (χ1) is 8.93. The quantitative estimate of drug-likeness (QED) is 0.800. The van der Waals surface area contributed by atoms with Gasteiger partial charge < -0.3 is 14.2 Å². The standard InChI is InChI=1S/C14H17ClO4/c1-14(2)6-10(16)8-5-11(17-3)13(18-4)9(7-15)12(8)19-14/h5H,6-7H2,1-4H3. The Labute approximate surface area is 117 Å². The Kier molecular flexibility index (Phi) is 3.63. The number of ketones is 1. The van der Waals surface area contributed by atoms with E-state index in [0.29, 0.717) is 34.8 Å². The molecule has 0 N–H and O–H groups in total. The molecule has 0 bridgehead atoms. The van der Waals surface area contributed by atoms with E-state index in [-0.39, 0.29) is 11.7 Å². The van der Waals surface area contributed by atoms with Crippen LogP contribution in [0.1, 0.15) is 36.2 Å². The van der Waals surface area contributed by atoms with E-state index in [9.17, 15) is 4.79 Å². The topological polar surface area (TPSA) is 44.8 Å². The highest BCUT2D eigenvalue weighted by molar-refractivity contribution is 6.18. The van der Waals surface area contributed by atoms with Crippen LogP contribution in [0, 0.1) is 0 Å². The summed E-state index contributed by atoms with van der Waals surface area (Å²) in [6.45, 7) is 3.76. The van der Waals surface area contributed by atoms with Gasteiger partial charge in [-0.15, -0.1) is 11.6 Å². The summed E-state index contributed by atoms with van der Waals surface area (Å²) in [5, 5.41) is 0. The minimum absolute atomic E-state index is 0.0265.